The van der Waals surface area contributed by atoms with Gasteiger partial charge in [-0.3, -0.25) is 4.79 Å². The van der Waals surface area contributed by atoms with Gasteiger partial charge in [-0.2, -0.15) is 0 Å². The fourth-order valence-electron chi connectivity index (χ4n) is 3.99. The van der Waals surface area contributed by atoms with Gasteiger partial charge in [0.15, 0.2) is 0 Å². The van der Waals surface area contributed by atoms with Crippen molar-refractivity contribution in [2.45, 2.75) is 143 Å². The fraction of sp³-hybridized carbons (Fsp3) is 0.828. The Morgan fingerprint density at radius 1 is 0.533 bits per heavy atom. The minimum absolute atomic E-state index is 0.154. The van der Waals surface area contributed by atoms with Gasteiger partial charge in [-0.25, -0.2) is 0 Å². The summed E-state index contributed by atoms with van der Waals surface area (Å²) in [6, 6.07) is 0. The van der Waals surface area contributed by atoms with Crippen LogP contribution in [0.1, 0.15) is 143 Å². The third-order valence-electron chi connectivity index (χ3n) is 6.23. The van der Waals surface area contributed by atoms with Gasteiger partial charge < -0.3 is 0 Å². The second-order valence-electron chi connectivity index (χ2n) is 9.44. The van der Waals surface area contributed by atoms with E-state index >= 15 is 0 Å². The second-order valence-corrected chi connectivity index (χ2v) is 9.44. The Morgan fingerprint density at radius 2 is 0.867 bits per heavy atom. The van der Waals surface area contributed by atoms with E-state index in [1.54, 1.807) is 0 Å². The van der Waals surface area contributed by atoms with Gasteiger partial charge >= 0.3 is 0 Å². The molecule has 0 aromatic rings. The molecule has 1 nitrogen and oxygen atoms in total. The molecule has 0 bridgehead atoms. The lowest BCUT2D eigenvalue weighted by molar-refractivity contribution is -0.125. The van der Waals surface area contributed by atoms with Gasteiger partial charge in [0.25, 0.3) is 0 Å². The molecule has 2 atom stereocenters. The van der Waals surface area contributed by atoms with Gasteiger partial charge in [-0.1, -0.05) is 129 Å². The first-order valence-electron chi connectivity index (χ1n) is 13.5. The van der Waals surface area contributed by atoms with Crippen LogP contribution in [0.25, 0.3) is 0 Å². The Kier molecular flexibility index (Phi) is 22.2. The van der Waals surface area contributed by atoms with Gasteiger partial charge in [0.1, 0.15) is 5.78 Å². The van der Waals surface area contributed by atoms with Crippen molar-refractivity contribution < 1.29 is 4.79 Å². The number of ketones is 1. The van der Waals surface area contributed by atoms with Crippen LogP contribution in [0.2, 0.25) is 0 Å². The number of hydrogen-bond donors (Lipinski definition) is 0. The Hall–Kier alpha value is -0.850. The first kappa shape index (κ1) is 29.1. The molecule has 2 unspecified atom stereocenters. The van der Waals surface area contributed by atoms with Crippen LogP contribution in [0.15, 0.2) is 24.3 Å². The predicted octanol–water partition coefficient (Wildman–Crippen LogP) is 10.0. The molecule has 176 valence electrons. The topological polar surface area (TPSA) is 17.1 Å². The Morgan fingerprint density at radius 3 is 1.23 bits per heavy atom. The lowest BCUT2D eigenvalue weighted by Crippen LogP contribution is -2.18. The van der Waals surface area contributed by atoms with Crippen LogP contribution in [0.5, 0.6) is 0 Å². The summed E-state index contributed by atoms with van der Waals surface area (Å²) < 4.78 is 0. The number of carbonyl (C=O) groups excluding carboxylic acids is 1. The lowest BCUT2D eigenvalue weighted by Gasteiger charge is -2.13. The zero-order chi connectivity index (χ0) is 22.3. The van der Waals surface area contributed by atoms with Crippen LogP contribution in [-0.4, -0.2) is 5.78 Å². The van der Waals surface area contributed by atoms with Gasteiger partial charge in [-0.05, 0) is 38.5 Å². The molecule has 0 amide bonds. The highest BCUT2D eigenvalue weighted by Crippen LogP contribution is 2.16. The van der Waals surface area contributed by atoms with E-state index in [1.807, 2.05) is 0 Å². The van der Waals surface area contributed by atoms with E-state index in [0.717, 1.165) is 12.8 Å². The van der Waals surface area contributed by atoms with E-state index in [0.29, 0.717) is 5.78 Å². The summed E-state index contributed by atoms with van der Waals surface area (Å²) in [5.41, 5.74) is 0. The van der Waals surface area contributed by atoms with Gasteiger partial charge in [0.05, 0.1) is 0 Å². The molecule has 0 N–H and O–H groups in total. The van der Waals surface area contributed by atoms with Crippen LogP contribution in [0.3, 0.4) is 0 Å². The van der Waals surface area contributed by atoms with Gasteiger partial charge in [0.2, 0.25) is 0 Å². The molecule has 0 aromatic heterocycles. The highest BCUT2D eigenvalue weighted by atomic mass is 16.1. The van der Waals surface area contributed by atoms with E-state index in [1.165, 1.54) is 103 Å². The molecular weight excluding hydrogens is 364 g/mol. The van der Waals surface area contributed by atoms with E-state index in [2.05, 4.69) is 52.0 Å². The predicted molar refractivity (Wildman–Crippen MR) is 136 cm³/mol. The molecule has 0 saturated carbocycles. The maximum absolute atomic E-state index is 12.6. The summed E-state index contributed by atoms with van der Waals surface area (Å²) in [5.74, 6) is 0.736. The van der Waals surface area contributed by atoms with E-state index < -0.39 is 0 Å². The van der Waals surface area contributed by atoms with Gasteiger partial charge in [-0.15, -0.1) is 0 Å². The number of rotatable bonds is 22. The van der Waals surface area contributed by atoms with Crippen molar-refractivity contribution in [1.29, 1.82) is 0 Å². The third kappa shape index (κ3) is 19.1. The van der Waals surface area contributed by atoms with Crippen molar-refractivity contribution in [3.05, 3.63) is 24.3 Å². The lowest BCUT2D eigenvalue weighted by atomic mass is 9.90. The molecule has 0 fully saturated rings. The molecule has 0 aromatic carbocycles. The molecule has 0 spiro atoms. The summed E-state index contributed by atoms with van der Waals surface area (Å²) >= 11 is 0. The minimum atomic E-state index is 0.154. The summed E-state index contributed by atoms with van der Waals surface area (Å²) in [7, 11) is 0. The van der Waals surface area contributed by atoms with Gasteiger partial charge in [0, 0.05) is 11.8 Å². The average Bonchev–Trinajstić information content (AvgIpc) is 2.75. The van der Waals surface area contributed by atoms with Crippen LogP contribution < -0.4 is 0 Å². The number of unbranched alkanes of at least 4 members (excludes halogenated alkanes) is 14. The summed E-state index contributed by atoms with van der Waals surface area (Å²) in [4.78, 5) is 12.6. The van der Waals surface area contributed by atoms with Crippen molar-refractivity contribution >= 4 is 5.78 Å². The molecule has 0 aliphatic heterocycles. The van der Waals surface area contributed by atoms with Crippen molar-refractivity contribution in [3.63, 3.8) is 0 Å². The monoisotopic (exact) mass is 418 g/mol. The Balaban J connectivity index is 3.69. The van der Waals surface area contributed by atoms with E-state index in [9.17, 15) is 4.79 Å². The normalized spacial score (nSPS) is 14.0. The molecule has 0 saturated heterocycles. The van der Waals surface area contributed by atoms with Crippen molar-refractivity contribution in [1.82, 2.24) is 0 Å². The van der Waals surface area contributed by atoms with Crippen LogP contribution in [-0.2, 0) is 4.79 Å². The molecule has 0 heterocycles. The molecule has 30 heavy (non-hydrogen) atoms. The van der Waals surface area contributed by atoms with E-state index in [-0.39, 0.29) is 11.8 Å². The first-order valence-corrected chi connectivity index (χ1v) is 13.5. The molecular formula is C29H54O. The largest absolute Gasteiger partial charge is 0.299 e. The molecule has 0 radical (unpaired) electrons. The average molecular weight is 419 g/mol. The minimum Gasteiger partial charge on any atom is -0.299 e. The number of Topliss-reactive ketones (excluding diaryl/α,β-unsaturated/α-hetero) is 1. The van der Waals surface area contributed by atoms with E-state index in [4.69, 9.17) is 0 Å². The second kappa shape index (κ2) is 22.8. The fourth-order valence-corrected chi connectivity index (χ4v) is 3.99. The zero-order valence-electron chi connectivity index (χ0n) is 21.1. The molecule has 0 aliphatic rings. The zero-order valence-corrected chi connectivity index (χ0v) is 21.1. The summed E-state index contributed by atoms with van der Waals surface area (Å²) in [6.45, 7) is 8.73. The Bertz CT molecular complexity index is 382. The maximum Gasteiger partial charge on any atom is 0.139 e. The maximum atomic E-state index is 12.6. The quantitative estimate of drug-likeness (QED) is 0.126. The van der Waals surface area contributed by atoms with Crippen LogP contribution in [0.4, 0.5) is 0 Å². The Labute approximate surface area is 190 Å². The first-order chi connectivity index (χ1) is 14.6. The van der Waals surface area contributed by atoms with Crippen molar-refractivity contribution in [2.24, 2.45) is 11.8 Å². The summed E-state index contributed by atoms with van der Waals surface area (Å²) in [6.07, 6.45) is 32.3. The number of hydrogen-bond acceptors (Lipinski definition) is 1. The molecule has 0 aliphatic carbocycles. The number of allylic oxidation sites excluding steroid dienone is 4. The van der Waals surface area contributed by atoms with Crippen LogP contribution in [0, 0.1) is 11.8 Å². The summed E-state index contributed by atoms with van der Waals surface area (Å²) in [5, 5.41) is 0. The number of carbonyl (C=O) groups is 1. The smallest absolute Gasteiger partial charge is 0.139 e. The third-order valence-corrected chi connectivity index (χ3v) is 6.23. The standard InChI is InChI=1S/C29H54O/c1-5-7-9-11-13-15-17-19-21-23-25-27(3)29(30)28(4)26-24-22-20-18-16-14-12-10-8-6-2/h21-24,27-28H,5-20,25-26H2,1-4H3/b23-21-,24-22-. The van der Waals surface area contributed by atoms with Crippen molar-refractivity contribution in [2.75, 3.05) is 0 Å². The SMILES string of the molecule is CCCCCCCCC/C=C\CC(C)C(=O)C(C)C/C=C\CCCCCCCCC. The molecule has 1 heteroatoms. The van der Waals surface area contributed by atoms with Crippen LogP contribution >= 0.6 is 0 Å². The highest BCUT2D eigenvalue weighted by Gasteiger charge is 2.17. The molecule has 0 rings (SSSR count). The highest BCUT2D eigenvalue weighted by molar-refractivity contribution is 5.83. The van der Waals surface area contributed by atoms with Crippen molar-refractivity contribution in [3.8, 4) is 0 Å².